The normalized spacial score (nSPS) is 18.3. The van der Waals surface area contributed by atoms with Gasteiger partial charge in [0.25, 0.3) is 0 Å². The zero-order chi connectivity index (χ0) is 15.9. The second-order valence-electron chi connectivity index (χ2n) is 6.04. The van der Waals surface area contributed by atoms with Crippen LogP contribution in [0.15, 0.2) is 22.7 Å². The summed E-state index contributed by atoms with van der Waals surface area (Å²) in [7, 11) is 0. The SMILES string of the molecule is C[C@@H](NC1CCCCCCC1)C(=O)Nc1ccc(Br)cc1F. The van der Waals surface area contributed by atoms with Gasteiger partial charge in [0, 0.05) is 10.5 Å². The lowest BCUT2D eigenvalue weighted by Gasteiger charge is -2.24. The van der Waals surface area contributed by atoms with E-state index in [0.29, 0.717) is 10.5 Å². The van der Waals surface area contributed by atoms with E-state index in [0.717, 1.165) is 12.8 Å². The van der Waals surface area contributed by atoms with Crippen LogP contribution in [-0.2, 0) is 4.79 Å². The van der Waals surface area contributed by atoms with Crippen LogP contribution in [0, 0.1) is 5.82 Å². The van der Waals surface area contributed by atoms with Crippen molar-refractivity contribution >= 4 is 27.5 Å². The van der Waals surface area contributed by atoms with Crippen molar-refractivity contribution < 1.29 is 9.18 Å². The highest BCUT2D eigenvalue weighted by Gasteiger charge is 2.19. The maximum Gasteiger partial charge on any atom is 0.241 e. The van der Waals surface area contributed by atoms with Crippen molar-refractivity contribution in [3.63, 3.8) is 0 Å². The molecule has 1 atom stereocenters. The van der Waals surface area contributed by atoms with Gasteiger partial charge in [-0.05, 0) is 38.0 Å². The molecular weight excluding hydrogens is 347 g/mol. The van der Waals surface area contributed by atoms with Crippen molar-refractivity contribution in [3.05, 3.63) is 28.5 Å². The van der Waals surface area contributed by atoms with Crippen LogP contribution in [0.3, 0.4) is 0 Å². The van der Waals surface area contributed by atoms with Crippen molar-refractivity contribution in [2.75, 3.05) is 5.32 Å². The Labute approximate surface area is 140 Å². The van der Waals surface area contributed by atoms with Gasteiger partial charge in [-0.3, -0.25) is 4.79 Å². The van der Waals surface area contributed by atoms with Crippen molar-refractivity contribution in [1.29, 1.82) is 0 Å². The molecule has 22 heavy (non-hydrogen) atoms. The quantitative estimate of drug-likeness (QED) is 0.811. The molecule has 1 fully saturated rings. The van der Waals surface area contributed by atoms with Gasteiger partial charge < -0.3 is 10.6 Å². The van der Waals surface area contributed by atoms with Crippen molar-refractivity contribution in [2.24, 2.45) is 0 Å². The summed E-state index contributed by atoms with van der Waals surface area (Å²) in [5.74, 6) is -0.621. The fourth-order valence-corrected chi connectivity index (χ4v) is 3.22. The Bertz CT molecular complexity index is 501. The zero-order valence-corrected chi connectivity index (χ0v) is 14.6. The van der Waals surface area contributed by atoms with Crippen LogP contribution in [0.1, 0.15) is 51.9 Å². The smallest absolute Gasteiger partial charge is 0.241 e. The number of halogens is 2. The molecule has 122 valence electrons. The van der Waals surface area contributed by atoms with Crippen molar-refractivity contribution in [3.8, 4) is 0 Å². The maximum atomic E-state index is 13.8. The predicted octanol–water partition coefficient (Wildman–Crippen LogP) is 4.62. The second kappa shape index (κ2) is 8.63. The van der Waals surface area contributed by atoms with Crippen LogP contribution in [-0.4, -0.2) is 18.0 Å². The lowest BCUT2D eigenvalue weighted by molar-refractivity contribution is -0.118. The average Bonchev–Trinajstić information content (AvgIpc) is 2.44. The number of carbonyl (C=O) groups is 1. The summed E-state index contributed by atoms with van der Waals surface area (Å²) in [6.07, 6.45) is 8.55. The second-order valence-corrected chi connectivity index (χ2v) is 6.96. The number of hydrogen-bond donors (Lipinski definition) is 2. The molecule has 1 aromatic carbocycles. The molecule has 2 N–H and O–H groups in total. The number of benzene rings is 1. The van der Waals surface area contributed by atoms with Crippen molar-refractivity contribution in [1.82, 2.24) is 5.32 Å². The molecule has 0 saturated heterocycles. The molecule has 0 aromatic heterocycles. The minimum atomic E-state index is -0.430. The van der Waals surface area contributed by atoms with Gasteiger partial charge in [0.05, 0.1) is 11.7 Å². The summed E-state index contributed by atoms with van der Waals surface area (Å²) in [6, 6.07) is 4.69. The number of amides is 1. The topological polar surface area (TPSA) is 41.1 Å². The Morgan fingerprint density at radius 1 is 1.23 bits per heavy atom. The Morgan fingerprint density at radius 2 is 1.86 bits per heavy atom. The van der Waals surface area contributed by atoms with Crippen molar-refractivity contribution in [2.45, 2.75) is 64.0 Å². The Hall–Kier alpha value is -0.940. The molecule has 1 saturated carbocycles. The Morgan fingerprint density at radius 3 is 2.50 bits per heavy atom. The molecule has 1 aliphatic carbocycles. The fraction of sp³-hybridized carbons (Fsp3) is 0.588. The van der Waals surface area contributed by atoms with Crippen LogP contribution >= 0.6 is 15.9 Å². The van der Waals surface area contributed by atoms with E-state index < -0.39 is 5.82 Å². The molecule has 2 rings (SSSR count). The lowest BCUT2D eigenvalue weighted by atomic mass is 9.96. The van der Waals surface area contributed by atoms with E-state index in [1.807, 2.05) is 6.92 Å². The van der Waals surface area contributed by atoms with E-state index in [1.54, 1.807) is 12.1 Å². The van der Waals surface area contributed by atoms with Gasteiger partial charge in [-0.25, -0.2) is 4.39 Å². The van der Waals surface area contributed by atoms with Gasteiger partial charge in [-0.15, -0.1) is 0 Å². The van der Waals surface area contributed by atoms with Crippen LogP contribution in [0.5, 0.6) is 0 Å². The number of nitrogens with one attached hydrogen (secondary N) is 2. The number of anilines is 1. The first-order valence-corrected chi connectivity index (χ1v) is 8.87. The number of rotatable bonds is 4. The maximum absolute atomic E-state index is 13.8. The zero-order valence-electron chi connectivity index (χ0n) is 13.0. The summed E-state index contributed by atoms with van der Waals surface area (Å²) < 4.78 is 14.4. The number of hydrogen-bond acceptors (Lipinski definition) is 2. The third-order valence-corrected chi connectivity index (χ3v) is 4.67. The first-order chi connectivity index (χ1) is 10.6. The highest BCUT2D eigenvalue weighted by atomic mass is 79.9. The highest BCUT2D eigenvalue weighted by molar-refractivity contribution is 9.10. The summed E-state index contributed by atoms with van der Waals surface area (Å²) in [5.41, 5.74) is 0.222. The molecule has 0 bridgehead atoms. The first-order valence-electron chi connectivity index (χ1n) is 8.08. The van der Waals surface area contributed by atoms with Gasteiger partial charge >= 0.3 is 0 Å². The summed E-state index contributed by atoms with van der Waals surface area (Å²) >= 11 is 3.21. The molecule has 0 radical (unpaired) electrons. The third-order valence-electron chi connectivity index (χ3n) is 4.17. The van der Waals surface area contributed by atoms with Crippen LogP contribution in [0.25, 0.3) is 0 Å². The van der Waals surface area contributed by atoms with Gasteiger partial charge in [-0.2, -0.15) is 0 Å². The van der Waals surface area contributed by atoms with Gasteiger partial charge in [0.15, 0.2) is 0 Å². The molecule has 1 aromatic rings. The molecule has 0 unspecified atom stereocenters. The number of carbonyl (C=O) groups excluding carboxylic acids is 1. The molecular formula is C17H24BrFN2O. The minimum Gasteiger partial charge on any atom is -0.322 e. The fourth-order valence-electron chi connectivity index (χ4n) is 2.88. The van der Waals surface area contributed by atoms with Gasteiger partial charge in [0.1, 0.15) is 5.82 Å². The van der Waals surface area contributed by atoms with E-state index in [2.05, 4.69) is 26.6 Å². The van der Waals surface area contributed by atoms with Crippen LogP contribution < -0.4 is 10.6 Å². The van der Waals surface area contributed by atoms with E-state index in [9.17, 15) is 9.18 Å². The minimum absolute atomic E-state index is 0.191. The standard InChI is InChI=1S/C17H24BrFN2O/c1-12(20-14-7-5-3-2-4-6-8-14)17(22)21-16-10-9-13(18)11-15(16)19/h9-12,14,20H,2-8H2,1H3,(H,21,22)/t12-/m1/s1. The lowest BCUT2D eigenvalue weighted by Crippen LogP contribution is -2.44. The molecule has 0 heterocycles. The monoisotopic (exact) mass is 370 g/mol. The molecule has 1 aliphatic rings. The van der Waals surface area contributed by atoms with E-state index in [1.165, 1.54) is 38.2 Å². The van der Waals surface area contributed by atoms with E-state index >= 15 is 0 Å². The summed E-state index contributed by atoms with van der Waals surface area (Å²) in [5, 5.41) is 6.05. The highest BCUT2D eigenvalue weighted by Crippen LogP contribution is 2.20. The van der Waals surface area contributed by atoms with E-state index in [-0.39, 0.29) is 17.6 Å². The largest absolute Gasteiger partial charge is 0.322 e. The molecule has 5 heteroatoms. The summed E-state index contributed by atoms with van der Waals surface area (Å²) in [6.45, 7) is 1.84. The molecule has 0 spiro atoms. The molecule has 0 aliphatic heterocycles. The predicted molar refractivity (Wildman–Crippen MR) is 91.4 cm³/mol. The average molecular weight is 371 g/mol. The van der Waals surface area contributed by atoms with Crippen LogP contribution in [0.4, 0.5) is 10.1 Å². The Balaban J connectivity index is 1.88. The van der Waals surface area contributed by atoms with E-state index in [4.69, 9.17) is 0 Å². The molecule has 3 nitrogen and oxygen atoms in total. The first kappa shape index (κ1) is 17.4. The third kappa shape index (κ3) is 5.36. The van der Waals surface area contributed by atoms with Gasteiger partial charge in [-0.1, -0.05) is 48.0 Å². The van der Waals surface area contributed by atoms with Gasteiger partial charge in [0.2, 0.25) is 5.91 Å². The van der Waals surface area contributed by atoms with Crippen LogP contribution in [0.2, 0.25) is 0 Å². The molecule has 1 amide bonds. The summed E-state index contributed by atoms with van der Waals surface area (Å²) in [4.78, 5) is 12.2. The Kier molecular flexibility index (Phi) is 6.83.